The standard InChI is InChI=1S/C9H7F6NO4S2/c1-6-4-2-3-5-7(6)16(21(17,18)8(10,11)12)22(19,20)9(13,14)15/h2-5H,1H3. The first-order valence-electron chi connectivity index (χ1n) is 5.12. The number of sulfonamides is 2. The van der Waals surface area contributed by atoms with Crippen molar-refractivity contribution in [2.75, 3.05) is 3.71 Å². The van der Waals surface area contributed by atoms with Crippen molar-refractivity contribution < 1.29 is 43.2 Å². The van der Waals surface area contributed by atoms with Crippen molar-refractivity contribution >= 4 is 25.7 Å². The first-order chi connectivity index (χ1) is 9.64. The normalized spacial score (nSPS) is 14.0. The van der Waals surface area contributed by atoms with E-state index in [9.17, 15) is 43.2 Å². The Morgan fingerprint density at radius 1 is 0.818 bits per heavy atom. The Kier molecular flexibility index (Phi) is 4.46. The third-order valence-corrected chi connectivity index (χ3v) is 5.95. The maximum atomic E-state index is 12.6. The summed E-state index contributed by atoms with van der Waals surface area (Å²) in [4.78, 5) is 0. The van der Waals surface area contributed by atoms with Crippen LogP contribution in [-0.2, 0) is 20.0 Å². The monoisotopic (exact) mass is 371 g/mol. The molecular weight excluding hydrogens is 364 g/mol. The van der Waals surface area contributed by atoms with Crippen molar-refractivity contribution in [3.05, 3.63) is 29.8 Å². The molecule has 0 aromatic heterocycles. The van der Waals surface area contributed by atoms with Gasteiger partial charge in [0.15, 0.2) is 0 Å². The van der Waals surface area contributed by atoms with E-state index in [1.807, 2.05) is 0 Å². The van der Waals surface area contributed by atoms with Gasteiger partial charge < -0.3 is 0 Å². The summed E-state index contributed by atoms with van der Waals surface area (Å²) in [6.07, 6.45) is 0. The summed E-state index contributed by atoms with van der Waals surface area (Å²) in [5, 5.41) is 0. The number of para-hydroxylation sites is 1. The van der Waals surface area contributed by atoms with Crippen LogP contribution in [0.2, 0.25) is 0 Å². The molecule has 0 amide bonds. The highest BCUT2D eigenvalue weighted by Crippen LogP contribution is 2.39. The summed E-state index contributed by atoms with van der Waals surface area (Å²) in [7, 11) is -13.7. The number of aryl methyl sites for hydroxylation is 1. The third-order valence-electron chi connectivity index (χ3n) is 2.33. The maximum absolute atomic E-state index is 12.6. The van der Waals surface area contributed by atoms with Gasteiger partial charge in [-0.05, 0) is 18.6 Å². The average Bonchev–Trinajstić information content (AvgIpc) is 2.28. The molecule has 0 aliphatic carbocycles. The quantitative estimate of drug-likeness (QED) is 0.766. The highest BCUT2D eigenvalue weighted by molar-refractivity contribution is 8.11. The molecular formula is C9H7F6NO4S2. The molecule has 0 heterocycles. The molecule has 0 N–H and O–H groups in total. The van der Waals surface area contributed by atoms with E-state index in [2.05, 4.69) is 0 Å². The van der Waals surface area contributed by atoms with Gasteiger partial charge in [-0.1, -0.05) is 18.2 Å². The Morgan fingerprint density at radius 2 is 1.18 bits per heavy atom. The predicted octanol–water partition coefficient (Wildman–Crippen LogP) is 2.50. The number of anilines is 1. The Labute approximate surface area is 121 Å². The van der Waals surface area contributed by atoms with E-state index >= 15 is 0 Å². The molecule has 1 aromatic rings. The molecule has 22 heavy (non-hydrogen) atoms. The number of hydrogen-bond donors (Lipinski definition) is 0. The summed E-state index contributed by atoms with van der Waals surface area (Å²) in [6, 6.07) is 3.55. The first-order valence-corrected chi connectivity index (χ1v) is 8.01. The summed E-state index contributed by atoms with van der Waals surface area (Å²) >= 11 is 0. The van der Waals surface area contributed by atoms with Crippen LogP contribution in [-0.4, -0.2) is 27.9 Å². The molecule has 126 valence electrons. The summed E-state index contributed by atoms with van der Waals surface area (Å²) in [5.74, 6) is 0. The molecule has 0 saturated carbocycles. The molecule has 5 nitrogen and oxygen atoms in total. The number of halogens is 6. The number of rotatable bonds is 3. The molecule has 0 aliphatic rings. The molecule has 0 fully saturated rings. The molecule has 1 aromatic carbocycles. The van der Waals surface area contributed by atoms with Gasteiger partial charge in [-0.15, -0.1) is 3.71 Å². The lowest BCUT2D eigenvalue weighted by Gasteiger charge is -2.26. The summed E-state index contributed by atoms with van der Waals surface area (Å²) in [6.45, 7) is 0.958. The minimum absolute atomic E-state index is 0.414. The molecule has 0 bridgehead atoms. The molecule has 13 heteroatoms. The fraction of sp³-hybridized carbons (Fsp3) is 0.333. The predicted molar refractivity (Wildman–Crippen MR) is 63.6 cm³/mol. The van der Waals surface area contributed by atoms with Gasteiger partial charge >= 0.3 is 31.1 Å². The maximum Gasteiger partial charge on any atom is 0.517 e. The lowest BCUT2D eigenvalue weighted by atomic mass is 10.2. The lowest BCUT2D eigenvalue weighted by molar-refractivity contribution is -0.0462. The molecule has 0 atom stereocenters. The first kappa shape index (κ1) is 18.5. The topological polar surface area (TPSA) is 71.5 Å². The Bertz CT molecular complexity index is 722. The van der Waals surface area contributed by atoms with Gasteiger partial charge in [-0.25, -0.2) is 0 Å². The van der Waals surface area contributed by atoms with Gasteiger partial charge in [0.05, 0.1) is 5.69 Å². The second-order valence-electron chi connectivity index (χ2n) is 3.89. The molecule has 0 radical (unpaired) electrons. The van der Waals surface area contributed by atoms with E-state index in [-0.39, 0.29) is 0 Å². The molecule has 0 spiro atoms. The van der Waals surface area contributed by atoms with Crippen LogP contribution in [0.15, 0.2) is 24.3 Å². The van der Waals surface area contributed by atoms with Crippen LogP contribution >= 0.6 is 0 Å². The minimum Gasteiger partial charge on any atom is -0.196 e. The smallest absolute Gasteiger partial charge is 0.196 e. The van der Waals surface area contributed by atoms with E-state index in [1.54, 1.807) is 0 Å². The number of hydrogen-bond acceptors (Lipinski definition) is 4. The van der Waals surface area contributed by atoms with Crippen molar-refractivity contribution in [3.63, 3.8) is 0 Å². The van der Waals surface area contributed by atoms with Crippen molar-refractivity contribution in [1.29, 1.82) is 0 Å². The van der Waals surface area contributed by atoms with E-state index in [0.29, 0.717) is 6.07 Å². The van der Waals surface area contributed by atoms with Gasteiger partial charge in [0.1, 0.15) is 0 Å². The average molecular weight is 371 g/mol. The van der Waals surface area contributed by atoms with E-state index in [4.69, 9.17) is 0 Å². The van der Waals surface area contributed by atoms with Crippen LogP contribution in [0.3, 0.4) is 0 Å². The zero-order valence-corrected chi connectivity index (χ0v) is 12.1. The van der Waals surface area contributed by atoms with Gasteiger partial charge in [0.2, 0.25) is 0 Å². The SMILES string of the molecule is Cc1ccccc1N(S(=O)(=O)C(F)(F)F)S(=O)(=O)C(F)(F)F. The van der Waals surface area contributed by atoms with Gasteiger partial charge in [0.25, 0.3) is 0 Å². The fourth-order valence-electron chi connectivity index (χ4n) is 1.34. The molecule has 0 unspecified atom stereocenters. The summed E-state index contributed by atoms with van der Waals surface area (Å²) < 4.78 is 119. The van der Waals surface area contributed by atoms with Gasteiger partial charge in [-0.3, -0.25) is 0 Å². The number of nitrogens with zero attached hydrogens (tertiary/aromatic N) is 1. The lowest BCUT2D eigenvalue weighted by Crippen LogP contribution is -2.49. The molecule has 0 aliphatic heterocycles. The zero-order chi connectivity index (χ0) is 17.6. The Balaban J connectivity index is 3.83. The third kappa shape index (κ3) is 2.99. The minimum atomic E-state index is -6.83. The molecule has 1 rings (SSSR count). The van der Waals surface area contributed by atoms with E-state index in [0.717, 1.165) is 19.1 Å². The van der Waals surface area contributed by atoms with Crippen molar-refractivity contribution in [2.45, 2.75) is 17.9 Å². The van der Waals surface area contributed by atoms with Gasteiger partial charge in [-0.2, -0.15) is 43.2 Å². The summed E-state index contributed by atoms with van der Waals surface area (Å²) in [5.41, 5.74) is -14.2. The van der Waals surface area contributed by atoms with E-state index in [1.165, 1.54) is 6.07 Å². The van der Waals surface area contributed by atoms with Crippen LogP contribution in [0.4, 0.5) is 32.0 Å². The van der Waals surface area contributed by atoms with Crippen LogP contribution < -0.4 is 3.71 Å². The number of alkyl halides is 6. The van der Waals surface area contributed by atoms with Crippen LogP contribution in [0.1, 0.15) is 5.56 Å². The van der Waals surface area contributed by atoms with Gasteiger partial charge in [0, 0.05) is 0 Å². The van der Waals surface area contributed by atoms with Crippen LogP contribution in [0.25, 0.3) is 0 Å². The van der Waals surface area contributed by atoms with Crippen molar-refractivity contribution in [2.24, 2.45) is 0 Å². The van der Waals surface area contributed by atoms with Crippen molar-refractivity contribution in [1.82, 2.24) is 0 Å². The Hall–Kier alpha value is -1.50. The zero-order valence-electron chi connectivity index (χ0n) is 10.5. The number of benzene rings is 1. The molecule has 0 saturated heterocycles. The van der Waals surface area contributed by atoms with Crippen LogP contribution in [0.5, 0.6) is 0 Å². The highest BCUT2D eigenvalue weighted by atomic mass is 32.3. The fourth-order valence-corrected chi connectivity index (χ4v) is 4.19. The van der Waals surface area contributed by atoms with Crippen LogP contribution in [0, 0.1) is 6.92 Å². The largest absolute Gasteiger partial charge is 0.517 e. The second kappa shape index (κ2) is 5.30. The van der Waals surface area contributed by atoms with E-state index < -0.39 is 46.0 Å². The highest BCUT2D eigenvalue weighted by Gasteiger charge is 2.61. The second-order valence-corrected chi connectivity index (χ2v) is 7.67. The van der Waals surface area contributed by atoms with Crippen molar-refractivity contribution in [3.8, 4) is 0 Å². The Morgan fingerprint density at radius 3 is 1.50 bits per heavy atom.